The summed E-state index contributed by atoms with van der Waals surface area (Å²) in [6, 6.07) is 16.5. The minimum Gasteiger partial charge on any atom is -0.352 e. The van der Waals surface area contributed by atoms with Gasteiger partial charge in [0.15, 0.2) is 0 Å². The lowest BCUT2D eigenvalue weighted by atomic mass is 10.1. The lowest BCUT2D eigenvalue weighted by Crippen LogP contribution is -2.36. The first-order chi connectivity index (χ1) is 9.77. The normalized spacial score (nSPS) is 12.8. The summed E-state index contributed by atoms with van der Waals surface area (Å²) in [6.45, 7) is 1.20. The fraction of sp³-hybridized carbons (Fsp3) is 0.188. The Labute approximate surface area is 118 Å². The average molecular weight is 267 g/mol. The second-order valence-electron chi connectivity index (χ2n) is 4.85. The van der Waals surface area contributed by atoms with E-state index in [2.05, 4.69) is 59.2 Å². The smallest absolute Gasteiger partial charge is 0.312 e. The van der Waals surface area contributed by atoms with Gasteiger partial charge in [-0.1, -0.05) is 48.5 Å². The maximum Gasteiger partial charge on any atom is 0.312 e. The Morgan fingerprint density at radius 1 is 0.950 bits per heavy atom. The third-order valence-corrected chi connectivity index (χ3v) is 3.61. The van der Waals surface area contributed by atoms with Crippen LogP contribution in [0.15, 0.2) is 48.5 Å². The van der Waals surface area contributed by atoms with Crippen LogP contribution >= 0.6 is 0 Å². The number of hydrogen-bond acceptors (Lipinski definition) is 2. The van der Waals surface area contributed by atoms with Crippen LogP contribution in [0.2, 0.25) is 0 Å². The van der Waals surface area contributed by atoms with Gasteiger partial charge in [0.05, 0.1) is 6.04 Å². The molecular weight excluding hydrogens is 250 g/mol. The van der Waals surface area contributed by atoms with E-state index in [0.717, 1.165) is 0 Å². The molecule has 4 N–H and O–H groups in total. The molecule has 0 radical (unpaired) electrons. The third-order valence-electron chi connectivity index (χ3n) is 3.61. The Hall–Kier alpha value is -2.33. The highest BCUT2D eigenvalue weighted by Gasteiger charge is 2.27. The van der Waals surface area contributed by atoms with E-state index in [9.17, 15) is 4.79 Å². The number of rotatable bonds is 4. The lowest BCUT2D eigenvalue weighted by molar-refractivity contribution is 0.249. The molecule has 0 heterocycles. The maximum absolute atomic E-state index is 10.7. The van der Waals surface area contributed by atoms with Gasteiger partial charge in [-0.2, -0.15) is 0 Å². The number of amides is 2. The highest BCUT2D eigenvalue weighted by molar-refractivity contribution is 5.78. The van der Waals surface area contributed by atoms with Gasteiger partial charge in [-0.25, -0.2) is 4.79 Å². The number of benzene rings is 2. The standard InChI is InChI=1S/C16H17N3O/c17-16(20)19-10-9-18-15-13-7-3-1-5-11(13)12-6-2-4-8-14(12)15/h1-8,15,18H,9-10H2,(H3,17,19,20). The van der Waals surface area contributed by atoms with Crippen molar-refractivity contribution < 1.29 is 4.79 Å². The summed E-state index contributed by atoms with van der Waals surface area (Å²) < 4.78 is 0. The average Bonchev–Trinajstić information content (AvgIpc) is 2.78. The van der Waals surface area contributed by atoms with Crippen LogP contribution in [0.3, 0.4) is 0 Å². The fourth-order valence-corrected chi connectivity index (χ4v) is 2.78. The van der Waals surface area contributed by atoms with Crippen molar-refractivity contribution in [2.75, 3.05) is 13.1 Å². The molecular formula is C16H17N3O. The SMILES string of the molecule is NC(=O)NCCNC1c2ccccc2-c2ccccc21. The Balaban J connectivity index is 1.82. The van der Waals surface area contributed by atoms with Gasteiger partial charge in [-0.05, 0) is 22.3 Å². The molecule has 0 aromatic heterocycles. The molecule has 0 aliphatic heterocycles. The van der Waals surface area contributed by atoms with Gasteiger partial charge >= 0.3 is 6.03 Å². The zero-order chi connectivity index (χ0) is 13.9. The van der Waals surface area contributed by atoms with Crippen LogP contribution in [0.5, 0.6) is 0 Å². The number of hydrogen-bond donors (Lipinski definition) is 3. The zero-order valence-corrected chi connectivity index (χ0v) is 11.1. The number of primary amides is 1. The van der Waals surface area contributed by atoms with E-state index in [-0.39, 0.29) is 6.04 Å². The summed E-state index contributed by atoms with van der Waals surface area (Å²) in [7, 11) is 0. The summed E-state index contributed by atoms with van der Waals surface area (Å²) in [5.41, 5.74) is 10.2. The quantitative estimate of drug-likeness (QED) is 0.742. The molecule has 0 spiro atoms. The largest absolute Gasteiger partial charge is 0.352 e. The Bertz CT molecular complexity index is 594. The number of urea groups is 1. The minimum absolute atomic E-state index is 0.178. The second-order valence-corrected chi connectivity index (χ2v) is 4.85. The summed E-state index contributed by atoms with van der Waals surface area (Å²) in [5.74, 6) is 0. The molecule has 0 saturated heterocycles. The Kier molecular flexibility index (Phi) is 3.39. The molecule has 0 atom stereocenters. The molecule has 20 heavy (non-hydrogen) atoms. The van der Waals surface area contributed by atoms with Crippen molar-refractivity contribution in [3.63, 3.8) is 0 Å². The summed E-state index contributed by atoms with van der Waals surface area (Å²) in [4.78, 5) is 10.7. The predicted molar refractivity (Wildman–Crippen MR) is 79.3 cm³/mol. The number of fused-ring (bicyclic) bond motifs is 3. The summed E-state index contributed by atoms with van der Waals surface area (Å²) in [6.07, 6.45) is 0. The van der Waals surface area contributed by atoms with Crippen molar-refractivity contribution >= 4 is 6.03 Å². The lowest BCUT2D eigenvalue weighted by Gasteiger charge is -2.15. The van der Waals surface area contributed by atoms with Gasteiger partial charge in [0.2, 0.25) is 0 Å². The van der Waals surface area contributed by atoms with Crippen LogP contribution in [0.1, 0.15) is 17.2 Å². The molecule has 0 fully saturated rings. The van der Waals surface area contributed by atoms with Crippen molar-refractivity contribution in [3.05, 3.63) is 59.7 Å². The number of carbonyl (C=O) groups excluding carboxylic acids is 1. The van der Waals surface area contributed by atoms with Gasteiger partial charge in [0.1, 0.15) is 0 Å². The predicted octanol–water partition coefficient (Wildman–Crippen LogP) is 2.01. The monoisotopic (exact) mass is 267 g/mol. The Morgan fingerprint density at radius 2 is 1.50 bits per heavy atom. The molecule has 1 aliphatic carbocycles. The van der Waals surface area contributed by atoms with E-state index in [0.29, 0.717) is 13.1 Å². The van der Waals surface area contributed by atoms with Crippen LogP contribution in [0.4, 0.5) is 4.79 Å². The van der Waals surface area contributed by atoms with Crippen molar-refractivity contribution in [2.24, 2.45) is 5.73 Å². The van der Waals surface area contributed by atoms with Crippen LogP contribution < -0.4 is 16.4 Å². The summed E-state index contributed by atoms with van der Waals surface area (Å²) in [5, 5.41) is 6.07. The van der Waals surface area contributed by atoms with Crippen LogP contribution in [0.25, 0.3) is 11.1 Å². The van der Waals surface area contributed by atoms with Gasteiger partial charge in [0, 0.05) is 13.1 Å². The van der Waals surface area contributed by atoms with E-state index in [1.807, 2.05) is 0 Å². The highest BCUT2D eigenvalue weighted by atomic mass is 16.2. The number of carbonyl (C=O) groups is 1. The molecule has 102 valence electrons. The second kappa shape index (κ2) is 5.35. The van der Waals surface area contributed by atoms with E-state index in [1.54, 1.807) is 0 Å². The van der Waals surface area contributed by atoms with Crippen molar-refractivity contribution in [3.8, 4) is 11.1 Å². The van der Waals surface area contributed by atoms with E-state index in [1.165, 1.54) is 22.3 Å². The first-order valence-corrected chi connectivity index (χ1v) is 6.72. The number of nitrogens with two attached hydrogens (primary N) is 1. The molecule has 0 unspecified atom stereocenters. The first-order valence-electron chi connectivity index (χ1n) is 6.72. The topological polar surface area (TPSA) is 67.2 Å². The number of nitrogens with one attached hydrogen (secondary N) is 2. The van der Waals surface area contributed by atoms with E-state index in [4.69, 9.17) is 5.73 Å². The minimum atomic E-state index is -0.487. The molecule has 3 rings (SSSR count). The van der Waals surface area contributed by atoms with Crippen molar-refractivity contribution in [1.29, 1.82) is 0 Å². The Morgan fingerprint density at radius 3 is 2.05 bits per heavy atom. The molecule has 2 amide bonds. The highest BCUT2D eigenvalue weighted by Crippen LogP contribution is 2.42. The van der Waals surface area contributed by atoms with Gasteiger partial charge in [-0.3, -0.25) is 0 Å². The van der Waals surface area contributed by atoms with E-state index >= 15 is 0 Å². The van der Waals surface area contributed by atoms with Crippen molar-refractivity contribution in [2.45, 2.75) is 6.04 Å². The van der Waals surface area contributed by atoms with Crippen molar-refractivity contribution in [1.82, 2.24) is 10.6 Å². The zero-order valence-electron chi connectivity index (χ0n) is 11.1. The third kappa shape index (κ3) is 2.26. The molecule has 2 aromatic carbocycles. The van der Waals surface area contributed by atoms with Gasteiger partial charge in [-0.15, -0.1) is 0 Å². The molecule has 1 aliphatic rings. The summed E-state index contributed by atoms with van der Waals surface area (Å²) >= 11 is 0. The molecule has 4 heteroatoms. The van der Waals surface area contributed by atoms with Gasteiger partial charge in [0.25, 0.3) is 0 Å². The molecule has 0 bridgehead atoms. The molecule has 2 aromatic rings. The van der Waals surface area contributed by atoms with Crippen LogP contribution in [0, 0.1) is 0 Å². The van der Waals surface area contributed by atoms with E-state index < -0.39 is 6.03 Å². The first kappa shape index (κ1) is 12.7. The molecule has 0 saturated carbocycles. The molecule has 4 nitrogen and oxygen atoms in total. The fourth-order valence-electron chi connectivity index (χ4n) is 2.78. The van der Waals surface area contributed by atoms with Crippen LogP contribution in [-0.4, -0.2) is 19.1 Å². The maximum atomic E-state index is 10.7. The van der Waals surface area contributed by atoms with Gasteiger partial charge < -0.3 is 16.4 Å². The van der Waals surface area contributed by atoms with Crippen LogP contribution in [-0.2, 0) is 0 Å².